The zero-order chi connectivity index (χ0) is 17.7. The fourth-order valence-corrected chi connectivity index (χ4v) is 3.69. The van der Waals surface area contributed by atoms with E-state index in [9.17, 15) is 0 Å². The first-order valence-electron chi connectivity index (χ1n) is 9.33. The van der Waals surface area contributed by atoms with Crippen molar-refractivity contribution in [2.45, 2.75) is 45.9 Å². The fraction of sp³-hybridized carbons (Fsp3) is 0.650. The molecule has 0 aliphatic carbocycles. The van der Waals surface area contributed by atoms with Gasteiger partial charge >= 0.3 is 0 Å². The third-order valence-corrected chi connectivity index (χ3v) is 5.16. The number of nitrogens with one attached hydrogen (secondary N) is 1. The number of rotatable bonds is 5. The van der Waals surface area contributed by atoms with E-state index in [1.54, 1.807) is 0 Å². The van der Waals surface area contributed by atoms with Crippen LogP contribution in [0.5, 0.6) is 0 Å². The monoisotopic (exact) mass is 345 g/mol. The van der Waals surface area contributed by atoms with Gasteiger partial charge in [-0.25, -0.2) is 0 Å². The van der Waals surface area contributed by atoms with Gasteiger partial charge in [-0.2, -0.15) is 0 Å². The van der Waals surface area contributed by atoms with E-state index in [0.717, 1.165) is 38.8 Å². The number of likely N-dealkylation sites (tertiary alicyclic amines) is 1. The van der Waals surface area contributed by atoms with Gasteiger partial charge in [0, 0.05) is 38.7 Å². The van der Waals surface area contributed by atoms with E-state index < -0.39 is 0 Å². The van der Waals surface area contributed by atoms with Crippen LogP contribution in [-0.4, -0.2) is 50.3 Å². The number of nitrogens with zero attached hydrogens (tertiary/aromatic N) is 2. The van der Waals surface area contributed by atoms with Gasteiger partial charge in [0.1, 0.15) is 0 Å². The molecule has 2 fully saturated rings. The summed E-state index contributed by atoms with van der Waals surface area (Å²) in [5.74, 6) is 0.993. The molecule has 1 aromatic carbocycles. The normalized spacial score (nSPS) is 23.8. The smallest absolute Gasteiger partial charge is 0.193 e. The highest BCUT2D eigenvalue weighted by Gasteiger charge is 2.42. The second-order valence-corrected chi connectivity index (χ2v) is 7.55. The summed E-state index contributed by atoms with van der Waals surface area (Å²) in [6, 6.07) is 8.57. The van der Waals surface area contributed by atoms with E-state index >= 15 is 0 Å². The Kier molecular flexibility index (Phi) is 5.97. The Morgan fingerprint density at radius 1 is 1.36 bits per heavy atom. The van der Waals surface area contributed by atoms with Crippen molar-refractivity contribution in [3.63, 3.8) is 0 Å². The van der Waals surface area contributed by atoms with Gasteiger partial charge in [-0.15, -0.1) is 0 Å². The van der Waals surface area contributed by atoms with Crippen molar-refractivity contribution >= 4 is 5.96 Å². The van der Waals surface area contributed by atoms with E-state index in [-0.39, 0.29) is 6.10 Å². The summed E-state index contributed by atoms with van der Waals surface area (Å²) in [7, 11) is 1.87. The topological polar surface area (TPSA) is 46.1 Å². The minimum atomic E-state index is 0.252. The first-order valence-corrected chi connectivity index (χ1v) is 9.33. The van der Waals surface area contributed by atoms with E-state index in [1.165, 1.54) is 24.0 Å². The Labute approximate surface area is 151 Å². The number of benzene rings is 1. The van der Waals surface area contributed by atoms with Gasteiger partial charge in [-0.1, -0.05) is 24.3 Å². The number of hydrogen-bond acceptors (Lipinski definition) is 3. The highest BCUT2D eigenvalue weighted by atomic mass is 16.5. The third-order valence-electron chi connectivity index (χ3n) is 5.16. The van der Waals surface area contributed by atoms with Gasteiger partial charge < -0.3 is 19.7 Å². The van der Waals surface area contributed by atoms with Crippen LogP contribution in [0.3, 0.4) is 0 Å². The molecule has 2 heterocycles. The average molecular weight is 345 g/mol. The Morgan fingerprint density at radius 3 is 2.92 bits per heavy atom. The minimum absolute atomic E-state index is 0.252. The van der Waals surface area contributed by atoms with Crippen LogP contribution in [0.15, 0.2) is 29.3 Å². The zero-order valence-corrected chi connectivity index (χ0v) is 15.8. The lowest BCUT2D eigenvalue weighted by molar-refractivity contribution is 0.0657. The highest BCUT2D eigenvalue weighted by molar-refractivity contribution is 5.80. The van der Waals surface area contributed by atoms with Gasteiger partial charge in [0.05, 0.1) is 19.3 Å². The molecule has 0 aromatic heterocycles. The molecule has 1 spiro atoms. The summed E-state index contributed by atoms with van der Waals surface area (Å²) < 4.78 is 11.3. The summed E-state index contributed by atoms with van der Waals surface area (Å²) in [4.78, 5) is 6.86. The molecule has 0 amide bonds. The highest BCUT2D eigenvalue weighted by Crippen LogP contribution is 2.38. The third kappa shape index (κ3) is 4.73. The summed E-state index contributed by atoms with van der Waals surface area (Å²) in [6.07, 6.45) is 2.64. The largest absolute Gasteiger partial charge is 0.381 e. The Morgan fingerprint density at radius 2 is 2.20 bits per heavy atom. The molecule has 138 valence electrons. The molecule has 2 saturated heterocycles. The predicted molar refractivity (Wildman–Crippen MR) is 101 cm³/mol. The van der Waals surface area contributed by atoms with Crippen LogP contribution in [-0.2, 0) is 22.6 Å². The van der Waals surface area contributed by atoms with Crippen molar-refractivity contribution in [1.82, 2.24) is 10.2 Å². The lowest BCUT2D eigenvalue weighted by Gasteiger charge is -2.25. The van der Waals surface area contributed by atoms with Gasteiger partial charge in [-0.3, -0.25) is 4.99 Å². The van der Waals surface area contributed by atoms with Crippen molar-refractivity contribution < 1.29 is 9.47 Å². The van der Waals surface area contributed by atoms with E-state index in [4.69, 9.17) is 9.47 Å². The van der Waals surface area contributed by atoms with Crippen LogP contribution in [0.1, 0.15) is 37.8 Å². The molecule has 5 nitrogen and oxygen atoms in total. The number of ether oxygens (including phenoxy) is 2. The molecule has 1 aromatic rings. The lowest BCUT2D eigenvalue weighted by Crippen LogP contribution is -2.41. The van der Waals surface area contributed by atoms with Gasteiger partial charge in [-0.05, 0) is 37.8 Å². The molecule has 5 heteroatoms. The van der Waals surface area contributed by atoms with Crippen LogP contribution in [0.2, 0.25) is 0 Å². The molecule has 0 bridgehead atoms. The molecular formula is C20H31N3O2. The molecule has 1 atom stereocenters. The number of hydrogen-bond donors (Lipinski definition) is 1. The van der Waals surface area contributed by atoms with Crippen LogP contribution in [0.25, 0.3) is 0 Å². The van der Waals surface area contributed by atoms with Gasteiger partial charge in [0.2, 0.25) is 0 Å². The first kappa shape index (κ1) is 18.2. The molecule has 0 radical (unpaired) electrons. The summed E-state index contributed by atoms with van der Waals surface area (Å²) in [5.41, 5.74) is 2.82. The SMILES string of the molecule is CN=C(NCc1cccc(COC(C)C)c1)N1CCC2(CCOC2)C1. The Hall–Kier alpha value is -1.59. The molecular weight excluding hydrogens is 314 g/mol. The Balaban J connectivity index is 1.54. The summed E-state index contributed by atoms with van der Waals surface area (Å²) >= 11 is 0. The van der Waals surface area contributed by atoms with E-state index in [0.29, 0.717) is 12.0 Å². The van der Waals surface area contributed by atoms with E-state index in [2.05, 4.69) is 53.3 Å². The zero-order valence-electron chi connectivity index (χ0n) is 15.8. The summed E-state index contributed by atoms with van der Waals surface area (Å²) in [5, 5.41) is 3.52. The lowest BCUT2D eigenvalue weighted by atomic mass is 9.87. The number of aliphatic imine (C=N–C) groups is 1. The van der Waals surface area contributed by atoms with Crippen molar-refractivity contribution in [3.8, 4) is 0 Å². The maximum absolute atomic E-state index is 5.70. The van der Waals surface area contributed by atoms with Gasteiger partial charge in [0.25, 0.3) is 0 Å². The second kappa shape index (κ2) is 8.19. The maximum atomic E-state index is 5.70. The van der Waals surface area contributed by atoms with Crippen LogP contribution < -0.4 is 5.32 Å². The quantitative estimate of drug-likeness (QED) is 0.658. The predicted octanol–water partition coefficient (Wildman–Crippen LogP) is 2.80. The van der Waals surface area contributed by atoms with Crippen molar-refractivity contribution in [2.24, 2.45) is 10.4 Å². The molecule has 25 heavy (non-hydrogen) atoms. The molecule has 0 saturated carbocycles. The van der Waals surface area contributed by atoms with Gasteiger partial charge in [0.15, 0.2) is 5.96 Å². The molecule has 2 aliphatic rings. The molecule has 3 rings (SSSR count). The maximum Gasteiger partial charge on any atom is 0.193 e. The fourth-order valence-electron chi connectivity index (χ4n) is 3.69. The van der Waals surface area contributed by atoms with E-state index in [1.807, 2.05) is 7.05 Å². The number of guanidine groups is 1. The average Bonchev–Trinajstić information content (AvgIpc) is 3.24. The molecule has 1 N–H and O–H groups in total. The first-order chi connectivity index (χ1) is 12.1. The van der Waals surface area contributed by atoms with Crippen molar-refractivity contribution in [2.75, 3.05) is 33.4 Å². The van der Waals surface area contributed by atoms with Crippen LogP contribution >= 0.6 is 0 Å². The van der Waals surface area contributed by atoms with Crippen molar-refractivity contribution in [1.29, 1.82) is 0 Å². The summed E-state index contributed by atoms with van der Waals surface area (Å²) in [6.45, 7) is 9.49. The minimum Gasteiger partial charge on any atom is -0.381 e. The molecule has 2 aliphatic heterocycles. The molecule has 1 unspecified atom stereocenters. The van der Waals surface area contributed by atoms with Crippen LogP contribution in [0, 0.1) is 5.41 Å². The standard InChI is InChI=1S/C20H31N3O2/c1-16(2)25-13-18-6-4-5-17(11-18)12-22-19(21-3)23-9-7-20(14-23)8-10-24-15-20/h4-6,11,16H,7-10,12-15H2,1-3H3,(H,21,22). The Bertz CT molecular complexity index is 594. The van der Waals surface area contributed by atoms with Crippen LogP contribution in [0.4, 0.5) is 0 Å². The second-order valence-electron chi connectivity index (χ2n) is 7.55. The van der Waals surface area contributed by atoms with Crippen molar-refractivity contribution in [3.05, 3.63) is 35.4 Å².